The van der Waals surface area contributed by atoms with Crippen molar-refractivity contribution in [1.29, 1.82) is 0 Å². The summed E-state index contributed by atoms with van der Waals surface area (Å²) in [6, 6.07) is 2.89. The van der Waals surface area contributed by atoms with E-state index in [0.717, 1.165) is 19.4 Å². The topological polar surface area (TPSA) is 71.0 Å². The fraction of sp³-hybridized carbons (Fsp3) is 0.333. The number of piperidine rings is 1. The predicted octanol–water partition coefficient (Wildman–Crippen LogP) is 1.41. The molecule has 0 aromatic carbocycles. The van der Waals surface area contributed by atoms with E-state index in [2.05, 4.69) is 20.3 Å². The Labute approximate surface area is 127 Å². The first-order valence-corrected chi connectivity index (χ1v) is 7.16. The molecule has 3 heterocycles. The van der Waals surface area contributed by atoms with Crippen molar-refractivity contribution in [3.8, 4) is 0 Å². The van der Waals surface area contributed by atoms with E-state index in [4.69, 9.17) is 0 Å². The second kappa shape index (κ2) is 6.46. The lowest BCUT2D eigenvalue weighted by molar-refractivity contribution is 0.0927. The molecule has 2 aromatic rings. The van der Waals surface area contributed by atoms with Crippen molar-refractivity contribution in [1.82, 2.24) is 20.3 Å². The number of pyridine rings is 1. The van der Waals surface area contributed by atoms with Gasteiger partial charge in [-0.2, -0.15) is 0 Å². The number of rotatable bonds is 3. The van der Waals surface area contributed by atoms with Gasteiger partial charge in [-0.25, -0.2) is 14.4 Å². The van der Waals surface area contributed by atoms with Crippen molar-refractivity contribution >= 4 is 11.7 Å². The Hall–Kier alpha value is -2.57. The maximum atomic E-state index is 13.8. The van der Waals surface area contributed by atoms with E-state index in [0.29, 0.717) is 12.4 Å². The Morgan fingerprint density at radius 1 is 1.32 bits per heavy atom. The zero-order valence-electron chi connectivity index (χ0n) is 11.9. The van der Waals surface area contributed by atoms with Crippen LogP contribution in [-0.4, -0.2) is 40.0 Å². The maximum absolute atomic E-state index is 13.8. The molecular weight excluding hydrogens is 285 g/mol. The van der Waals surface area contributed by atoms with E-state index in [1.165, 1.54) is 24.7 Å². The van der Waals surface area contributed by atoms with Crippen LogP contribution in [0.1, 0.15) is 23.3 Å². The number of anilines is 1. The van der Waals surface area contributed by atoms with E-state index < -0.39 is 0 Å². The van der Waals surface area contributed by atoms with E-state index in [1.807, 2.05) is 4.90 Å². The molecule has 7 heteroatoms. The highest BCUT2D eigenvalue weighted by Crippen LogP contribution is 2.20. The van der Waals surface area contributed by atoms with Gasteiger partial charge in [-0.3, -0.25) is 9.78 Å². The number of nitrogens with zero attached hydrogens (tertiary/aromatic N) is 4. The Balaban J connectivity index is 1.66. The maximum Gasteiger partial charge on any atom is 0.271 e. The summed E-state index contributed by atoms with van der Waals surface area (Å²) in [5, 5.41) is 2.92. The van der Waals surface area contributed by atoms with Crippen LogP contribution in [0, 0.1) is 5.82 Å². The summed E-state index contributed by atoms with van der Waals surface area (Å²) in [6.45, 7) is 1.26. The smallest absolute Gasteiger partial charge is 0.271 e. The van der Waals surface area contributed by atoms with Gasteiger partial charge >= 0.3 is 0 Å². The number of nitrogens with one attached hydrogen (secondary N) is 1. The van der Waals surface area contributed by atoms with Crippen LogP contribution in [0.5, 0.6) is 0 Å². The van der Waals surface area contributed by atoms with Crippen LogP contribution in [-0.2, 0) is 0 Å². The lowest BCUT2D eigenvalue weighted by Gasteiger charge is -2.33. The second-order valence-corrected chi connectivity index (χ2v) is 5.16. The molecule has 1 amide bonds. The van der Waals surface area contributed by atoms with Crippen LogP contribution >= 0.6 is 0 Å². The molecule has 22 heavy (non-hydrogen) atoms. The highest BCUT2D eigenvalue weighted by atomic mass is 19.1. The summed E-state index contributed by atoms with van der Waals surface area (Å²) in [4.78, 5) is 25.9. The number of carbonyl (C=O) groups excluding carboxylic acids is 1. The van der Waals surface area contributed by atoms with Crippen molar-refractivity contribution in [2.45, 2.75) is 18.9 Å². The first-order chi connectivity index (χ1) is 10.7. The molecule has 1 unspecified atom stereocenters. The lowest BCUT2D eigenvalue weighted by atomic mass is 10.1. The Kier molecular flexibility index (Phi) is 4.22. The molecule has 1 saturated heterocycles. The zero-order chi connectivity index (χ0) is 15.4. The fourth-order valence-corrected chi connectivity index (χ4v) is 2.57. The number of amides is 1. The predicted molar refractivity (Wildman–Crippen MR) is 78.9 cm³/mol. The molecule has 1 N–H and O–H groups in total. The van der Waals surface area contributed by atoms with E-state index in [-0.39, 0.29) is 23.5 Å². The number of hydrogen-bond donors (Lipinski definition) is 1. The van der Waals surface area contributed by atoms with Gasteiger partial charge in [0.05, 0.1) is 6.20 Å². The summed E-state index contributed by atoms with van der Waals surface area (Å²) in [7, 11) is 0. The summed E-state index contributed by atoms with van der Waals surface area (Å²) >= 11 is 0. The monoisotopic (exact) mass is 301 g/mol. The van der Waals surface area contributed by atoms with Crippen LogP contribution in [0.4, 0.5) is 10.2 Å². The summed E-state index contributed by atoms with van der Waals surface area (Å²) < 4.78 is 13.8. The highest BCUT2D eigenvalue weighted by molar-refractivity contribution is 5.92. The van der Waals surface area contributed by atoms with Gasteiger partial charge in [-0.15, -0.1) is 0 Å². The van der Waals surface area contributed by atoms with Crippen LogP contribution in [0.3, 0.4) is 0 Å². The molecule has 3 rings (SSSR count). The SMILES string of the molecule is O=C(NC1CCCN(c2ncccc2F)C1)c1cnccn1. The van der Waals surface area contributed by atoms with Crippen molar-refractivity contribution in [2.75, 3.05) is 18.0 Å². The zero-order valence-corrected chi connectivity index (χ0v) is 11.9. The van der Waals surface area contributed by atoms with Crippen LogP contribution in [0.2, 0.25) is 0 Å². The minimum Gasteiger partial charge on any atom is -0.352 e. The van der Waals surface area contributed by atoms with Gasteiger partial charge in [0.15, 0.2) is 11.6 Å². The van der Waals surface area contributed by atoms with Gasteiger partial charge in [0.2, 0.25) is 0 Å². The van der Waals surface area contributed by atoms with Gasteiger partial charge in [-0.1, -0.05) is 0 Å². The summed E-state index contributed by atoms with van der Waals surface area (Å²) in [6.07, 6.45) is 7.70. The highest BCUT2D eigenvalue weighted by Gasteiger charge is 2.24. The second-order valence-electron chi connectivity index (χ2n) is 5.16. The molecule has 0 radical (unpaired) electrons. The van der Waals surface area contributed by atoms with Crippen molar-refractivity contribution in [3.05, 3.63) is 48.4 Å². The fourth-order valence-electron chi connectivity index (χ4n) is 2.57. The molecule has 2 aromatic heterocycles. The Bertz CT molecular complexity index is 651. The van der Waals surface area contributed by atoms with Crippen LogP contribution in [0.25, 0.3) is 0 Å². The molecule has 1 fully saturated rings. The molecule has 0 spiro atoms. The number of halogens is 1. The van der Waals surface area contributed by atoms with Crippen LogP contribution < -0.4 is 10.2 Å². The first kappa shape index (κ1) is 14.4. The average Bonchev–Trinajstić information content (AvgIpc) is 2.56. The average molecular weight is 301 g/mol. The Morgan fingerprint density at radius 2 is 2.23 bits per heavy atom. The molecule has 1 aliphatic rings. The van der Waals surface area contributed by atoms with Crippen LogP contribution in [0.15, 0.2) is 36.9 Å². The van der Waals surface area contributed by atoms with E-state index in [1.54, 1.807) is 12.3 Å². The van der Waals surface area contributed by atoms with E-state index in [9.17, 15) is 9.18 Å². The number of aromatic nitrogens is 3. The van der Waals surface area contributed by atoms with Crippen molar-refractivity contribution < 1.29 is 9.18 Å². The number of carbonyl (C=O) groups is 1. The molecule has 0 aliphatic carbocycles. The van der Waals surface area contributed by atoms with Gasteiger partial charge in [0.1, 0.15) is 5.69 Å². The summed E-state index contributed by atoms with van der Waals surface area (Å²) in [5.41, 5.74) is 0.281. The van der Waals surface area contributed by atoms with Gasteiger partial charge in [0, 0.05) is 37.7 Å². The molecular formula is C15H16FN5O. The molecule has 0 saturated carbocycles. The summed E-state index contributed by atoms with van der Waals surface area (Å²) in [5.74, 6) is -0.272. The number of hydrogen-bond acceptors (Lipinski definition) is 5. The van der Waals surface area contributed by atoms with Gasteiger partial charge in [-0.05, 0) is 25.0 Å². The molecule has 1 aliphatic heterocycles. The largest absolute Gasteiger partial charge is 0.352 e. The molecule has 114 valence electrons. The quantitative estimate of drug-likeness (QED) is 0.928. The minimum absolute atomic E-state index is 0.0651. The third kappa shape index (κ3) is 3.19. The third-order valence-corrected chi connectivity index (χ3v) is 3.59. The standard InChI is InChI=1S/C15H16FN5O/c16-12-4-1-5-19-14(12)21-8-2-3-11(10-21)20-15(22)13-9-17-6-7-18-13/h1,4-7,9,11H,2-3,8,10H2,(H,20,22). The van der Waals surface area contributed by atoms with Gasteiger partial charge < -0.3 is 10.2 Å². The normalized spacial score (nSPS) is 18.0. The minimum atomic E-state index is -0.344. The third-order valence-electron chi connectivity index (χ3n) is 3.59. The van der Waals surface area contributed by atoms with Crippen molar-refractivity contribution in [2.24, 2.45) is 0 Å². The molecule has 6 nitrogen and oxygen atoms in total. The van der Waals surface area contributed by atoms with Crippen molar-refractivity contribution in [3.63, 3.8) is 0 Å². The van der Waals surface area contributed by atoms with Gasteiger partial charge in [0.25, 0.3) is 5.91 Å². The molecule has 0 bridgehead atoms. The Morgan fingerprint density at radius 3 is 3.00 bits per heavy atom. The first-order valence-electron chi connectivity index (χ1n) is 7.16. The van der Waals surface area contributed by atoms with E-state index >= 15 is 0 Å². The molecule has 1 atom stereocenters. The lowest BCUT2D eigenvalue weighted by Crippen LogP contribution is -2.48.